The summed E-state index contributed by atoms with van der Waals surface area (Å²) in [4.78, 5) is 10.8. The third-order valence-electron chi connectivity index (χ3n) is 1.77. The highest BCUT2D eigenvalue weighted by atomic mass is 32.2. The normalized spacial score (nSPS) is 11.1. The predicted molar refractivity (Wildman–Crippen MR) is 55.0 cm³/mol. The van der Waals surface area contributed by atoms with Crippen molar-refractivity contribution in [3.8, 4) is 0 Å². The number of sulfone groups is 1. The summed E-state index contributed by atoms with van der Waals surface area (Å²) < 4.78 is 27.2. The first kappa shape index (κ1) is 11.7. The van der Waals surface area contributed by atoms with Crippen LogP contribution in [0.4, 0.5) is 0 Å². The molecule has 0 aliphatic rings. The third-order valence-corrected chi connectivity index (χ3v) is 2.88. The van der Waals surface area contributed by atoms with Crippen LogP contribution in [0.3, 0.4) is 0 Å². The molecule has 1 rings (SSSR count). The summed E-state index contributed by atoms with van der Waals surface area (Å²) in [5.41, 5.74) is 0.660. The van der Waals surface area contributed by atoms with Crippen molar-refractivity contribution in [2.45, 2.75) is 18.4 Å². The Hall–Kier alpha value is -1.36. The topological polar surface area (TPSA) is 60.4 Å². The van der Waals surface area contributed by atoms with Crippen LogP contribution in [0, 0.1) is 0 Å². The van der Waals surface area contributed by atoms with Gasteiger partial charge in [0.15, 0.2) is 9.84 Å². The summed E-state index contributed by atoms with van der Waals surface area (Å²) in [6.07, 6.45) is 1.14. The number of hydrogen-bond acceptors (Lipinski definition) is 4. The number of carbonyl (C=O) groups excluding carboxylic acids is 1. The summed E-state index contributed by atoms with van der Waals surface area (Å²) in [5.74, 6) is -0.389. The highest BCUT2D eigenvalue weighted by Crippen LogP contribution is 2.11. The molecule has 0 aliphatic heterocycles. The molecule has 0 saturated carbocycles. The minimum absolute atomic E-state index is 0.0959. The Labute approximate surface area is 88.8 Å². The quantitative estimate of drug-likeness (QED) is 0.728. The molecule has 15 heavy (non-hydrogen) atoms. The van der Waals surface area contributed by atoms with Crippen LogP contribution in [0.5, 0.6) is 0 Å². The molecule has 0 aliphatic carbocycles. The van der Waals surface area contributed by atoms with Crippen molar-refractivity contribution in [3.05, 3.63) is 29.8 Å². The second-order valence-electron chi connectivity index (χ2n) is 3.20. The van der Waals surface area contributed by atoms with Crippen molar-refractivity contribution in [1.82, 2.24) is 0 Å². The molecule has 0 fully saturated rings. The molecule has 5 heteroatoms. The lowest BCUT2D eigenvalue weighted by Gasteiger charge is -2.03. The molecule has 0 atom stereocenters. The first-order valence-corrected chi connectivity index (χ1v) is 6.21. The molecule has 0 bridgehead atoms. The Kier molecular flexibility index (Phi) is 3.47. The van der Waals surface area contributed by atoms with Crippen molar-refractivity contribution in [3.63, 3.8) is 0 Å². The Morgan fingerprint density at radius 1 is 1.40 bits per heavy atom. The average molecular weight is 228 g/mol. The van der Waals surface area contributed by atoms with Crippen LogP contribution in [-0.2, 0) is 26.0 Å². The third kappa shape index (κ3) is 3.71. The maximum Gasteiger partial charge on any atom is 0.302 e. The van der Waals surface area contributed by atoms with Crippen LogP contribution < -0.4 is 0 Å². The predicted octanol–water partition coefficient (Wildman–Crippen LogP) is 1.15. The zero-order chi connectivity index (χ0) is 11.5. The second kappa shape index (κ2) is 4.44. The molecule has 0 saturated heterocycles. The van der Waals surface area contributed by atoms with Crippen molar-refractivity contribution in [2.75, 3.05) is 6.26 Å². The number of carbonyl (C=O) groups is 1. The summed E-state index contributed by atoms with van der Waals surface area (Å²) in [6.45, 7) is 1.40. The van der Waals surface area contributed by atoms with Gasteiger partial charge in [0.05, 0.1) is 4.90 Å². The Balaban J connectivity index is 2.89. The molecule has 0 N–H and O–H groups in total. The molecule has 1 aromatic rings. The van der Waals surface area contributed by atoms with Gasteiger partial charge in [0.1, 0.15) is 6.61 Å². The summed E-state index contributed by atoms with van der Waals surface area (Å²) >= 11 is 0. The van der Waals surface area contributed by atoms with E-state index >= 15 is 0 Å². The van der Waals surface area contributed by atoms with Crippen molar-refractivity contribution < 1.29 is 17.9 Å². The zero-order valence-electron chi connectivity index (χ0n) is 8.56. The smallest absolute Gasteiger partial charge is 0.302 e. The van der Waals surface area contributed by atoms with Gasteiger partial charge in [-0.05, 0) is 17.7 Å². The van der Waals surface area contributed by atoms with Gasteiger partial charge in [0.2, 0.25) is 0 Å². The fraction of sp³-hybridized carbons (Fsp3) is 0.300. The van der Waals surface area contributed by atoms with E-state index in [0.717, 1.165) is 6.26 Å². The van der Waals surface area contributed by atoms with Crippen LogP contribution in [-0.4, -0.2) is 20.6 Å². The van der Waals surface area contributed by atoms with Gasteiger partial charge in [-0.25, -0.2) is 8.42 Å². The minimum atomic E-state index is -3.20. The first-order valence-electron chi connectivity index (χ1n) is 4.32. The van der Waals surface area contributed by atoms with Crippen LogP contribution in [0.2, 0.25) is 0 Å². The van der Waals surface area contributed by atoms with Gasteiger partial charge in [-0.1, -0.05) is 12.1 Å². The highest BCUT2D eigenvalue weighted by molar-refractivity contribution is 7.90. The maximum absolute atomic E-state index is 11.2. The summed E-state index contributed by atoms with van der Waals surface area (Å²) in [7, 11) is -3.20. The molecule has 1 aromatic carbocycles. The van der Waals surface area contributed by atoms with Crippen molar-refractivity contribution >= 4 is 15.8 Å². The lowest BCUT2D eigenvalue weighted by atomic mass is 10.2. The van der Waals surface area contributed by atoms with Crippen LogP contribution >= 0.6 is 0 Å². The number of esters is 1. The summed E-state index contributed by atoms with van der Waals surface area (Å²) in [6, 6.07) is 6.33. The Morgan fingerprint density at radius 2 is 2.07 bits per heavy atom. The van der Waals surface area contributed by atoms with E-state index in [2.05, 4.69) is 0 Å². The second-order valence-corrected chi connectivity index (χ2v) is 5.22. The molecule has 0 spiro atoms. The standard InChI is InChI=1S/C10H12O4S/c1-8(11)14-7-9-4-3-5-10(6-9)15(2,12)13/h3-6H,7H2,1-2H3. The highest BCUT2D eigenvalue weighted by Gasteiger charge is 2.07. The van der Waals surface area contributed by atoms with Crippen LogP contribution in [0.25, 0.3) is 0 Å². The molecular weight excluding hydrogens is 216 g/mol. The van der Waals surface area contributed by atoms with Gasteiger partial charge in [-0.15, -0.1) is 0 Å². The Bertz CT molecular complexity index is 462. The SMILES string of the molecule is CC(=O)OCc1cccc(S(C)(=O)=O)c1. The fourth-order valence-electron chi connectivity index (χ4n) is 1.05. The van der Waals surface area contributed by atoms with Gasteiger partial charge >= 0.3 is 5.97 Å². The van der Waals surface area contributed by atoms with Crippen LogP contribution in [0.1, 0.15) is 12.5 Å². The number of hydrogen-bond donors (Lipinski definition) is 0. The largest absolute Gasteiger partial charge is 0.461 e. The summed E-state index contributed by atoms with van der Waals surface area (Å²) in [5, 5.41) is 0. The van der Waals surface area contributed by atoms with E-state index < -0.39 is 9.84 Å². The lowest BCUT2D eigenvalue weighted by Crippen LogP contribution is -2.01. The van der Waals surface area contributed by atoms with Crippen LogP contribution in [0.15, 0.2) is 29.2 Å². The van der Waals surface area contributed by atoms with Gasteiger partial charge < -0.3 is 4.74 Å². The van der Waals surface area contributed by atoms with E-state index in [9.17, 15) is 13.2 Å². The first-order chi connectivity index (χ1) is 6.89. The number of benzene rings is 1. The van der Waals surface area contributed by atoms with E-state index in [1.165, 1.54) is 19.1 Å². The average Bonchev–Trinajstić information content (AvgIpc) is 2.14. The molecule has 0 radical (unpaired) electrons. The van der Waals surface area contributed by atoms with Gasteiger partial charge in [0.25, 0.3) is 0 Å². The number of rotatable bonds is 3. The van der Waals surface area contributed by atoms with E-state index in [4.69, 9.17) is 4.74 Å². The van der Waals surface area contributed by atoms with E-state index in [1.807, 2.05) is 0 Å². The van der Waals surface area contributed by atoms with Crippen molar-refractivity contribution in [1.29, 1.82) is 0 Å². The maximum atomic E-state index is 11.2. The molecular formula is C10H12O4S. The molecule has 0 heterocycles. The lowest BCUT2D eigenvalue weighted by molar-refractivity contribution is -0.142. The number of ether oxygens (including phenoxy) is 1. The minimum Gasteiger partial charge on any atom is -0.461 e. The van der Waals surface area contributed by atoms with E-state index in [1.54, 1.807) is 12.1 Å². The van der Waals surface area contributed by atoms with Crippen molar-refractivity contribution in [2.24, 2.45) is 0 Å². The molecule has 0 amide bonds. The van der Waals surface area contributed by atoms with E-state index in [-0.39, 0.29) is 17.5 Å². The molecule has 4 nitrogen and oxygen atoms in total. The Morgan fingerprint density at radius 3 is 2.60 bits per heavy atom. The van der Waals surface area contributed by atoms with Gasteiger partial charge in [0, 0.05) is 13.2 Å². The molecule has 0 aromatic heterocycles. The zero-order valence-corrected chi connectivity index (χ0v) is 9.37. The van der Waals surface area contributed by atoms with Gasteiger partial charge in [-0.2, -0.15) is 0 Å². The van der Waals surface area contributed by atoms with Gasteiger partial charge in [-0.3, -0.25) is 4.79 Å². The molecule has 0 unspecified atom stereocenters. The molecule has 82 valence electrons. The monoisotopic (exact) mass is 228 g/mol. The van der Waals surface area contributed by atoms with E-state index in [0.29, 0.717) is 5.56 Å². The fourth-order valence-corrected chi connectivity index (χ4v) is 1.74.